The van der Waals surface area contributed by atoms with Gasteiger partial charge in [0.15, 0.2) is 0 Å². The van der Waals surface area contributed by atoms with E-state index in [0.717, 1.165) is 41.5 Å². The number of carbonyl (C=O) groups is 1. The van der Waals surface area contributed by atoms with Crippen molar-refractivity contribution in [1.82, 2.24) is 0 Å². The second-order valence-electron chi connectivity index (χ2n) is 5.76. The van der Waals surface area contributed by atoms with E-state index in [1.165, 1.54) is 5.56 Å². The van der Waals surface area contributed by atoms with Gasteiger partial charge in [-0.15, -0.1) is 0 Å². The number of ether oxygens (including phenoxy) is 1. The highest BCUT2D eigenvalue weighted by molar-refractivity contribution is 9.10. The SMILES string of the molecule is NC1(CC(=O)Cc2cc(Br)cc3c2OCC3)CCC1. The molecule has 0 spiro atoms. The van der Waals surface area contributed by atoms with Crippen LogP contribution in [0.15, 0.2) is 16.6 Å². The second kappa shape index (κ2) is 4.91. The lowest BCUT2D eigenvalue weighted by molar-refractivity contribution is -0.120. The van der Waals surface area contributed by atoms with Gasteiger partial charge in [0.25, 0.3) is 0 Å². The van der Waals surface area contributed by atoms with E-state index in [0.29, 0.717) is 19.4 Å². The van der Waals surface area contributed by atoms with Gasteiger partial charge in [-0.1, -0.05) is 15.9 Å². The zero-order valence-corrected chi connectivity index (χ0v) is 12.5. The quantitative estimate of drug-likeness (QED) is 0.926. The first-order valence-electron chi connectivity index (χ1n) is 6.80. The Bertz CT molecular complexity index is 523. The predicted molar refractivity (Wildman–Crippen MR) is 77.4 cm³/mol. The van der Waals surface area contributed by atoms with E-state index in [4.69, 9.17) is 10.5 Å². The highest BCUT2D eigenvalue weighted by atomic mass is 79.9. The molecular weight excluding hydrogens is 306 g/mol. The number of hydrogen-bond donors (Lipinski definition) is 1. The fourth-order valence-electron chi connectivity index (χ4n) is 2.95. The molecule has 0 aromatic heterocycles. The topological polar surface area (TPSA) is 52.3 Å². The van der Waals surface area contributed by atoms with Gasteiger partial charge in [-0.3, -0.25) is 4.79 Å². The smallest absolute Gasteiger partial charge is 0.139 e. The Kier molecular flexibility index (Phi) is 3.39. The molecule has 0 atom stereocenters. The zero-order chi connectivity index (χ0) is 13.5. The minimum atomic E-state index is -0.229. The molecule has 2 N–H and O–H groups in total. The Morgan fingerprint density at radius 3 is 2.89 bits per heavy atom. The Hall–Kier alpha value is -0.870. The molecule has 1 aliphatic heterocycles. The van der Waals surface area contributed by atoms with E-state index in [9.17, 15) is 4.79 Å². The maximum absolute atomic E-state index is 12.2. The summed E-state index contributed by atoms with van der Waals surface area (Å²) in [6.07, 6.45) is 4.96. The maximum atomic E-state index is 12.2. The number of fused-ring (bicyclic) bond motifs is 1. The summed E-state index contributed by atoms with van der Waals surface area (Å²) < 4.78 is 6.67. The van der Waals surface area contributed by atoms with Crippen LogP contribution in [-0.2, 0) is 17.6 Å². The summed E-state index contributed by atoms with van der Waals surface area (Å²) in [5.41, 5.74) is 8.10. The first kappa shape index (κ1) is 13.1. The number of carbonyl (C=O) groups excluding carboxylic acids is 1. The van der Waals surface area contributed by atoms with Gasteiger partial charge in [-0.05, 0) is 37.0 Å². The van der Waals surface area contributed by atoms with Gasteiger partial charge in [0.1, 0.15) is 11.5 Å². The molecule has 1 aliphatic carbocycles. The van der Waals surface area contributed by atoms with E-state index in [-0.39, 0.29) is 11.3 Å². The average molecular weight is 324 g/mol. The average Bonchev–Trinajstić information content (AvgIpc) is 2.74. The lowest BCUT2D eigenvalue weighted by Gasteiger charge is -2.37. The Morgan fingerprint density at radius 1 is 1.42 bits per heavy atom. The molecule has 0 radical (unpaired) electrons. The van der Waals surface area contributed by atoms with Crippen LogP contribution < -0.4 is 10.5 Å². The van der Waals surface area contributed by atoms with Gasteiger partial charge in [0.2, 0.25) is 0 Å². The highest BCUT2D eigenvalue weighted by Gasteiger charge is 2.34. The summed E-state index contributed by atoms with van der Waals surface area (Å²) in [5, 5.41) is 0. The van der Waals surface area contributed by atoms with Crippen LogP contribution >= 0.6 is 15.9 Å². The fraction of sp³-hybridized carbons (Fsp3) is 0.533. The molecular formula is C15H18BrNO2. The van der Waals surface area contributed by atoms with Crippen LogP contribution in [0.1, 0.15) is 36.8 Å². The van der Waals surface area contributed by atoms with E-state index >= 15 is 0 Å². The van der Waals surface area contributed by atoms with E-state index < -0.39 is 0 Å². The van der Waals surface area contributed by atoms with Crippen LogP contribution in [0.2, 0.25) is 0 Å². The summed E-state index contributed by atoms with van der Waals surface area (Å²) in [5.74, 6) is 1.13. The van der Waals surface area contributed by atoms with Gasteiger partial charge in [-0.25, -0.2) is 0 Å². The monoisotopic (exact) mass is 323 g/mol. The Balaban J connectivity index is 1.74. The van der Waals surface area contributed by atoms with Crippen molar-refractivity contribution in [1.29, 1.82) is 0 Å². The summed E-state index contributed by atoms with van der Waals surface area (Å²) in [4.78, 5) is 12.2. The van der Waals surface area contributed by atoms with Gasteiger partial charge in [-0.2, -0.15) is 0 Å². The van der Waals surface area contributed by atoms with Gasteiger partial charge < -0.3 is 10.5 Å². The normalized spacial score (nSPS) is 19.5. The van der Waals surface area contributed by atoms with Gasteiger partial charge >= 0.3 is 0 Å². The lowest BCUT2D eigenvalue weighted by Crippen LogP contribution is -2.48. The van der Waals surface area contributed by atoms with E-state index in [2.05, 4.69) is 22.0 Å². The van der Waals surface area contributed by atoms with Crippen LogP contribution in [0, 0.1) is 0 Å². The molecule has 1 aromatic carbocycles. The number of Topliss-reactive ketones (excluding diaryl/α,β-unsaturated/α-hetero) is 1. The number of halogens is 1. The molecule has 0 unspecified atom stereocenters. The van der Waals surface area contributed by atoms with Crippen LogP contribution in [0.25, 0.3) is 0 Å². The second-order valence-corrected chi connectivity index (χ2v) is 6.68. The third-order valence-electron chi connectivity index (χ3n) is 4.11. The van der Waals surface area contributed by atoms with Crippen LogP contribution in [0.3, 0.4) is 0 Å². The molecule has 0 amide bonds. The first-order valence-corrected chi connectivity index (χ1v) is 7.60. The summed E-state index contributed by atoms with van der Waals surface area (Å²) in [6, 6.07) is 4.07. The predicted octanol–water partition coefficient (Wildman–Crippen LogP) is 2.77. The number of rotatable bonds is 4. The summed E-state index contributed by atoms with van der Waals surface area (Å²) >= 11 is 3.50. The highest BCUT2D eigenvalue weighted by Crippen LogP contribution is 2.35. The molecule has 3 rings (SSSR count). The molecule has 4 heteroatoms. The standard InChI is InChI=1S/C15H18BrNO2/c16-12-6-10-2-5-19-14(10)11(7-12)8-13(18)9-15(17)3-1-4-15/h6-7H,1-5,8-9,17H2. The molecule has 1 aromatic rings. The molecule has 102 valence electrons. The number of hydrogen-bond acceptors (Lipinski definition) is 3. The number of benzene rings is 1. The van der Waals surface area contributed by atoms with Crippen molar-refractivity contribution in [2.75, 3.05) is 6.61 Å². The van der Waals surface area contributed by atoms with Crippen molar-refractivity contribution in [3.05, 3.63) is 27.7 Å². The third kappa shape index (κ3) is 2.70. The van der Waals surface area contributed by atoms with Crippen molar-refractivity contribution in [3.8, 4) is 5.75 Å². The Morgan fingerprint density at radius 2 is 2.21 bits per heavy atom. The van der Waals surface area contributed by atoms with Crippen LogP contribution in [-0.4, -0.2) is 17.9 Å². The number of nitrogens with two attached hydrogens (primary N) is 1. The zero-order valence-electron chi connectivity index (χ0n) is 10.9. The molecule has 1 heterocycles. The first-order chi connectivity index (χ1) is 9.06. The third-order valence-corrected chi connectivity index (χ3v) is 4.57. The van der Waals surface area contributed by atoms with Crippen molar-refractivity contribution < 1.29 is 9.53 Å². The number of ketones is 1. The van der Waals surface area contributed by atoms with E-state index in [1.807, 2.05) is 6.07 Å². The minimum Gasteiger partial charge on any atom is -0.493 e. The van der Waals surface area contributed by atoms with Gasteiger partial charge in [0.05, 0.1) is 6.61 Å². The molecule has 3 nitrogen and oxygen atoms in total. The van der Waals surface area contributed by atoms with Crippen LogP contribution in [0.5, 0.6) is 5.75 Å². The van der Waals surface area contributed by atoms with Crippen LogP contribution in [0.4, 0.5) is 0 Å². The molecule has 0 bridgehead atoms. The van der Waals surface area contributed by atoms with Crippen molar-refractivity contribution in [3.63, 3.8) is 0 Å². The largest absolute Gasteiger partial charge is 0.493 e. The lowest BCUT2D eigenvalue weighted by atomic mass is 9.74. The van der Waals surface area contributed by atoms with E-state index in [1.54, 1.807) is 0 Å². The molecule has 2 aliphatic rings. The van der Waals surface area contributed by atoms with Crippen molar-refractivity contribution in [2.45, 2.75) is 44.1 Å². The van der Waals surface area contributed by atoms with Gasteiger partial charge in [0, 0.05) is 34.8 Å². The van der Waals surface area contributed by atoms with Crippen molar-refractivity contribution in [2.24, 2.45) is 5.73 Å². The van der Waals surface area contributed by atoms with Crippen molar-refractivity contribution >= 4 is 21.7 Å². The summed E-state index contributed by atoms with van der Waals surface area (Å²) in [7, 11) is 0. The molecule has 1 fully saturated rings. The fourth-order valence-corrected chi connectivity index (χ4v) is 3.51. The summed E-state index contributed by atoms with van der Waals surface area (Å²) in [6.45, 7) is 0.716. The molecule has 0 saturated heterocycles. The molecule has 1 saturated carbocycles. The maximum Gasteiger partial charge on any atom is 0.139 e. The molecule has 19 heavy (non-hydrogen) atoms. The minimum absolute atomic E-state index is 0.220. The Labute approximate surface area is 121 Å².